The van der Waals surface area contributed by atoms with Crippen molar-refractivity contribution in [3.63, 3.8) is 0 Å². The minimum absolute atomic E-state index is 0.0486. The number of nitrogens with one attached hydrogen (secondary N) is 3. The van der Waals surface area contributed by atoms with Gasteiger partial charge in [-0.1, -0.05) is 44.4 Å². The van der Waals surface area contributed by atoms with E-state index in [0.29, 0.717) is 35.8 Å². The minimum atomic E-state index is -0.407. The highest BCUT2D eigenvalue weighted by atomic mass is 16.5. The first-order valence-electron chi connectivity index (χ1n) is 14.6. The van der Waals surface area contributed by atoms with Crippen LogP contribution in [-0.4, -0.2) is 77.8 Å². The van der Waals surface area contributed by atoms with Crippen LogP contribution in [0.15, 0.2) is 48.5 Å². The Morgan fingerprint density at radius 2 is 1.78 bits per heavy atom. The Bertz CT molecular complexity index is 1190. The summed E-state index contributed by atoms with van der Waals surface area (Å²) in [6.07, 6.45) is 5.12. The van der Waals surface area contributed by atoms with Crippen LogP contribution in [0, 0.1) is 5.92 Å². The quantitative estimate of drug-likeness (QED) is 0.395. The molecule has 10 nitrogen and oxygen atoms in total. The first kappa shape index (κ1) is 30.2. The molecule has 1 saturated carbocycles. The van der Waals surface area contributed by atoms with Crippen LogP contribution in [0.4, 0.5) is 21.0 Å². The zero-order valence-electron chi connectivity index (χ0n) is 24.3. The van der Waals surface area contributed by atoms with Gasteiger partial charge in [0.05, 0.1) is 25.6 Å². The molecule has 1 fully saturated rings. The third-order valence-corrected chi connectivity index (χ3v) is 7.94. The van der Waals surface area contributed by atoms with E-state index in [0.717, 1.165) is 25.7 Å². The number of amides is 5. The second-order valence-corrected chi connectivity index (χ2v) is 11.3. The molecule has 0 bridgehead atoms. The molecule has 10 heteroatoms. The fourth-order valence-corrected chi connectivity index (χ4v) is 5.42. The summed E-state index contributed by atoms with van der Waals surface area (Å²) >= 11 is 0. The number of benzene rings is 2. The van der Waals surface area contributed by atoms with E-state index < -0.39 is 12.1 Å². The topological polar surface area (TPSA) is 123 Å². The fraction of sp³-hybridized carbons (Fsp3) is 0.516. The molecular formula is C31H43N5O5. The first-order chi connectivity index (χ1) is 19.7. The second-order valence-electron chi connectivity index (χ2n) is 11.3. The van der Waals surface area contributed by atoms with Crippen molar-refractivity contribution in [2.24, 2.45) is 5.92 Å². The van der Waals surface area contributed by atoms with Crippen LogP contribution in [0.2, 0.25) is 0 Å². The number of anilines is 2. The Labute approximate surface area is 242 Å². The van der Waals surface area contributed by atoms with Gasteiger partial charge in [0.25, 0.3) is 0 Å². The lowest BCUT2D eigenvalue weighted by molar-refractivity contribution is -0.134. The van der Waals surface area contributed by atoms with Crippen molar-refractivity contribution in [2.45, 2.75) is 70.6 Å². The van der Waals surface area contributed by atoms with Gasteiger partial charge < -0.3 is 35.6 Å². The number of ether oxygens (including phenoxy) is 1. The minimum Gasteiger partial charge on any atom is -0.488 e. The molecule has 0 aromatic heterocycles. The standard InChI is InChI=1S/C31H43N5O5/c1-21-18-36(22(2)20-37)29(38)17-23-16-26(33-30(39)32-24-10-6-4-7-11-24)14-15-27(23)41-28(21)19-35(3)31(40)34-25-12-8-5-9-13-25/h4,6-7,10-11,14-16,21-22,25,28,37H,5,8-9,12-13,17-20H2,1-3H3,(H,34,40)(H2,32,33,39)/t21-,22+,28-/m0/s1. The number of fused-ring (bicyclic) bond motifs is 1. The van der Waals surface area contributed by atoms with E-state index >= 15 is 0 Å². The molecule has 0 saturated heterocycles. The molecule has 41 heavy (non-hydrogen) atoms. The van der Waals surface area contributed by atoms with E-state index in [2.05, 4.69) is 16.0 Å². The third kappa shape index (κ3) is 8.36. The summed E-state index contributed by atoms with van der Waals surface area (Å²) in [4.78, 5) is 42.4. The molecule has 4 rings (SSSR count). The number of nitrogens with zero attached hydrogens (tertiary/aromatic N) is 2. The molecule has 1 aliphatic carbocycles. The average molecular weight is 566 g/mol. The Kier molecular flexibility index (Phi) is 10.5. The van der Waals surface area contributed by atoms with Crippen molar-refractivity contribution >= 4 is 29.3 Å². The van der Waals surface area contributed by atoms with Gasteiger partial charge in [-0.3, -0.25) is 4.79 Å². The molecular weight excluding hydrogens is 522 g/mol. The molecule has 2 aromatic carbocycles. The van der Waals surface area contributed by atoms with Crippen molar-refractivity contribution in [1.82, 2.24) is 15.1 Å². The number of likely N-dealkylation sites (N-methyl/N-ethyl adjacent to an activating group) is 1. The molecule has 3 atom stereocenters. The lowest BCUT2D eigenvalue weighted by atomic mass is 9.96. The van der Waals surface area contributed by atoms with Crippen molar-refractivity contribution in [2.75, 3.05) is 37.4 Å². The normalized spacial score (nSPS) is 20.4. The Hall–Kier alpha value is -3.79. The number of urea groups is 2. The maximum Gasteiger partial charge on any atom is 0.323 e. The van der Waals surface area contributed by atoms with Gasteiger partial charge in [-0.25, -0.2) is 9.59 Å². The van der Waals surface area contributed by atoms with E-state index in [1.165, 1.54) is 6.42 Å². The number of carbonyl (C=O) groups excluding carboxylic acids is 3. The summed E-state index contributed by atoms with van der Waals surface area (Å²) in [5.74, 6) is 0.264. The highest BCUT2D eigenvalue weighted by Gasteiger charge is 2.32. The number of carbonyl (C=O) groups is 3. The van der Waals surface area contributed by atoms with Gasteiger partial charge >= 0.3 is 12.1 Å². The number of rotatable bonds is 7. The van der Waals surface area contributed by atoms with Crippen LogP contribution in [0.1, 0.15) is 51.5 Å². The van der Waals surface area contributed by atoms with Crippen LogP contribution in [-0.2, 0) is 11.2 Å². The number of hydrogen-bond donors (Lipinski definition) is 4. The van der Waals surface area contributed by atoms with Crippen molar-refractivity contribution in [3.8, 4) is 5.75 Å². The fourth-order valence-electron chi connectivity index (χ4n) is 5.42. The lowest BCUT2D eigenvalue weighted by Crippen LogP contribution is -2.50. The number of aliphatic hydroxyl groups excluding tert-OH is 1. The molecule has 1 heterocycles. The third-order valence-electron chi connectivity index (χ3n) is 7.94. The zero-order chi connectivity index (χ0) is 29.4. The van der Waals surface area contributed by atoms with Gasteiger partial charge in [-0.15, -0.1) is 0 Å². The molecule has 222 valence electrons. The van der Waals surface area contributed by atoms with E-state index in [1.54, 1.807) is 47.2 Å². The Morgan fingerprint density at radius 3 is 2.49 bits per heavy atom. The predicted molar refractivity (Wildman–Crippen MR) is 159 cm³/mol. The van der Waals surface area contributed by atoms with Gasteiger partial charge in [0, 0.05) is 42.5 Å². The summed E-state index contributed by atoms with van der Waals surface area (Å²) in [6, 6.07) is 13.6. The smallest absolute Gasteiger partial charge is 0.323 e. The summed E-state index contributed by atoms with van der Waals surface area (Å²) in [5, 5.41) is 18.7. The van der Waals surface area contributed by atoms with E-state index in [-0.39, 0.29) is 43.0 Å². The highest BCUT2D eigenvalue weighted by molar-refractivity contribution is 5.99. The summed E-state index contributed by atoms with van der Waals surface area (Å²) in [7, 11) is 1.76. The molecule has 0 unspecified atom stereocenters. The molecule has 1 aliphatic heterocycles. The van der Waals surface area contributed by atoms with Gasteiger partial charge in [-0.05, 0) is 50.1 Å². The zero-order valence-corrected chi connectivity index (χ0v) is 24.3. The van der Waals surface area contributed by atoms with E-state index in [4.69, 9.17) is 4.74 Å². The van der Waals surface area contributed by atoms with Crippen molar-refractivity contribution < 1.29 is 24.2 Å². The maximum absolute atomic E-state index is 13.4. The SMILES string of the molecule is C[C@H](CO)N1C[C@H](C)[C@H](CN(C)C(=O)NC2CCCCC2)Oc2ccc(NC(=O)Nc3ccccc3)cc2CC1=O. The Balaban J connectivity index is 1.53. The van der Waals surface area contributed by atoms with Crippen LogP contribution < -0.4 is 20.7 Å². The van der Waals surface area contributed by atoms with Crippen LogP contribution in [0.25, 0.3) is 0 Å². The molecule has 2 aromatic rings. The largest absolute Gasteiger partial charge is 0.488 e. The van der Waals surface area contributed by atoms with Gasteiger partial charge in [0.2, 0.25) is 5.91 Å². The van der Waals surface area contributed by atoms with Crippen LogP contribution in [0.5, 0.6) is 5.75 Å². The average Bonchev–Trinajstić information content (AvgIpc) is 3.01. The Morgan fingerprint density at radius 1 is 1.07 bits per heavy atom. The monoisotopic (exact) mass is 565 g/mol. The maximum atomic E-state index is 13.4. The molecule has 5 amide bonds. The molecule has 0 spiro atoms. The van der Waals surface area contributed by atoms with Crippen LogP contribution >= 0.6 is 0 Å². The van der Waals surface area contributed by atoms with Gasteiger partial charge in [-0.2, -0.15) is 0 Å². The second kappa shape index (κ2) is 14.2. The summed E-state index contributed by atoms with van der Waals surface area (Å²) in [6.45, 7) is 4.35. The highest BCUT2D eigenvalue weighted by Crippen LogP contribution is 2.29. The molecule has 2 aliphatic rings. The van der Waals surface area contributed by atoms with Crippen molar-refractivity contribution in [1.29, 1.82) is 0 Å². The van der Waals surface area contributed by atoms with Gasteiger partial charge in [0.15, 0.2) is 0 Å². The first-order valence-corrected chi connectivity index (χ1v) is 14.6. The number of para-hydroxylation sites is 1. The van der Waals surface area contributed by atoms with E-state index in [1.807, 2.05) is 32.0 Å². The molecule has 4 N–H and O–H groups in total. The summed E-state index contributed by atoms with van der Waals surface area (Å²) in [5.41, 5.74) is 1.80. The lowest BCUT2D eigenvalue weighted by Gasteiger charge is -2.34. The van der Waals surface area contributed by atoms with E-state index in [9.17, 15) is 19.5 Å². The van der Waals surface area contributed by atoms with Gasteiger partial charge in [0.1, 0.15) is 11.9 Å². The molecule has 0 radical (unpaired) electrons. The number of aliphatic hydroxyl groups is 1. The van der Waals surface area contributed by atoms with Crippen LogP contribution in [0.3, 0.4) is 0 Å². The summed E-state index contributed by atoms with van der Waals surface area (Å²) < 4.78 is 6.51. The van der Waals surface area contributed by atoms with Crippen molar-refractivity contribution in [3.05, 3.63) is 54.1 Å². The number of hydrogen-bond acceptors (Lipinski definition) is 5. The predicted octanol–water partition coefficient (Wildman–Crippen LogP) is 4.45.